The highest BCUT2D eigenvalue weighted by Gasteiger charge is 2.28. The third-order valence-corrected chi connectivity index (χ3v) is 5.57. The first-order valence-electron chi connectivity index (χ1n) is 10.6. The average molecular weight is 401 g/mol. The van der Waals surface area contributed by atoms with Crippen molar-refractivity contribution >= 4 is 17.8 Å². The summed E-state index contributed by atoms with van der Waals surface area (Å²) in [6.45, 7) is 6.01. The number of carbonyl (C=O) groups excluding carboxylic acids is 2. The van der Waals surface area contributed by atoms with Gasteiger partial charge in [0.2, 0.25) is 5.91 Å². The SMILES string of the molecule is CCOC(=O)C1CCCN(C(=NC)NCc2ccc(CN3CCCC3=O)cc2)C1. The molecule has 3 rings (SSSR count). The van der Waals surface area contributed by atoms with Crippen LogP contribution in [0.3, 0.4) is 0 Å². The minimum absolute atomic E-state index is 0.0881. The molecule has 1 N–H and O–H groups in total. The molecule has 0 saturated carbocycles. The molecule has 0 radical (unpaired) electrons. The average Bonchev–Trinajstić information content (AvgIpc) is 3.14. The van der Waals surface area contributed by atoms with Crippen LogP contribution in [0.25, 0.3) is 0 Å². The second-order valence-electron chi connectivity index (χ2n) is 7.67. The Morgan fingerprint density at radius 3 is 2.62 bits per heavy atom. The number of rotatable bonds is 6. The zero-order valence-electron chi connectivity index (χ0n) is 17.5. The number of amides is 1. The third kappa shape index (κ3) is 5.71. The Morgan fingerprint density at radius 1 is 1.21 bits per heavy atom. The van der Waals surface area contributed by atoms with E-state index in [1.807, 2.05) is 11.8 Å². The highest BCUT2D eigenvalue weighted by atomic mass is 16.5. The maximum atomic E-state index is 12.1. The molecule has 1 unspecified atom stereocenters. The molecule has 2 aliphatic heterocycles. The van der Waals surface area contributed by atoms with Gasteiger partial charge < -0.3 is 19.9 Å². The molecule has 1 atom stereocenters. The molecule has 2 saturated heterocycles. The smallest absolute Gasteiger partial charge is 0.310 e. The number of hydrogen-bond acceptors (Lipinski definition) is 4. The molecule has 1 aromatic rings. The van der Waals surface area contributed by atoms with Gasteiger partial charge in [-0.15, -0.1) is 0 Å². The molecule has 0 aromatic heterocycles. The quantitative estimate of drug-likeness (QED) is 0.450. The molecule has 7 heteroatoms. The van der Waals surface area contributed by atoms with Gasteiger partial charge in [0, 0.05) is 46.2 Å². The molecule has 2 heterocycles. The van der Waals surface area contributed by atoms with Gasteiger partial charge in [-0.2, -0.15) is 0 Å². The normalized spacial score (nSPS) is 20.1. The van der Waals surface area contributed by atoms with Gasteiger partial charge in [0.05, 0.1) is 12.5 Å². The molecular formula is C22H32N4O3. The number of guanidine groups is 1. The van der Waals surface area contributed by atoms with E-state index in [4.69, 9.17) is 4.74 Å². The van der Waals surface area contributed by atoms with E-state index in [2.05, 4.69) is 39.5 Å². The Labute approximate surface area is 173 Å². The topological polar surface area (TPSA) is 74.2 Å². The van der Waals surface area contributed by atoms with Crippen LogP contribution in [0.5, 0.6) is 0 Å². The van der Waals surface area contributed by atoms with Gasteiger partial charge in [0.15, 0.2) is 5.96 Å². The summed E-state index contributed by atoms with van der Waals surface area (Å²) in [7, 11) is 1.77. The van der Waals surface area contributed by atoms with Crippen molar-refractivity contribution in [3.05, 3.63) is 35.4 Å². The Balaban J connectivity index is 1.51. The Hall–Kier alpha value is -2.57. The minimum Gasteiger partial charge on any atom is -0.466 e. The van der Waals surface area contributed by atoms with Crippen LogP contribution >= 0.6 is 0 Å². The van der Waals surface area contributed by atoms with Gasteiger partial charge >= 0.3 is 5.97 Å². The number of hydrogen-bond donors (Lipinski definition) is 1. The summed E-state index contributed by atoms with van der Waals surface area (Å²) < 4.78 is 5.19. The van der Waals surface area contributed by atoms with Gasteiger partial charge in [-0.25, -0.2) is 0 Å². The summed E-state index contributed by atoms with van der Waals surface area (Å²) in [5.41, 5.74) is 2.31. The second kappa shape index (κ2) is 10.3. The van der Waals surface area contributed by atoms with E-state index < -0.39 is 0 Å². The first kappa shape index (κ1) is 21.1. The van der Waals surface area contributed by atoms with E-state index in [0.717, 1.165) is 49.4 Å². The van der Waals surface area contributed by atoms with E-state index in [0.29, 0.717) is 32.7 Å². The number of benzene rings is 1. The number of carbonyl (C=O) groups is 2. The highest BCUT2D eigenvalue weighted by molar-refractivity contribution is 5.81. The minimum atomic E-state index is -0.111. The summed E-state index contributed by atoms with van der Waals surface area (Å²) in [5.74, 6) is 0.863. The number of esters is 1. The lowest BCUT2D eigenvalue weighted by atomic mass is 9.98. The Kier molecular flexibility index (Phi) is 7.49. The van der Waals surface area contributed by atoms with Crippen molar-refractivity contribution in [3.8, 4) is 0 Å². The molecule has 0 aliphatic carbocycles. The second-order valence-corrected chi connectivity index (χ2v) is 7.67. The lowest BCUT2D eigenvalue weighted by molar-refractivity contribution is -0.149. The fraction of sp³-hybridized carbons (Fsp3) is 0.591. The molecule has 1 aromatic carbocycles. The fourth-order valence-corrected chi connectivity index (χ4v) is 3.99. The third-order valence-electron chi connectivity index (χ3n) is 5.57. The summed E-state index contributed by atoms with van der Waals surface area (Å²) in [5, 5.41) is 3.41. The van der Waals surface area contributed by atoms with Crippen molar-refractivity contribution in [1.82, 2.24) is 15.1 Å². The molecule has 29 heavy (non-hydrogen) atoms. The summed E-state index contributed by atoms with van der Waals surface area (Å²) in [6, 6.07) is 8.35. The summed E-state index contributed by atoms with van der Waals surface area (Å²) >= 11 is 0. The number of ether oxygens (including phenoxy) is 1. The standard InChI is InChI=1S/C22H32N4O3/c1-3-29-21(28)19-6-4-13-26(16-19)22(23-2)24-14-17-8-10-18(11-9-17)15-25-12-5-7-20(25)27/h8-11,19H,3-7,12-16H2,1-2H3,(H,23,24). The fourth-order valence-electron chi connectivity index (χ4n) is 3.99. The molecule has 0 bridgehead atoms. The Bertz CT molecular complexity index is 732. The number of likely N-dealkylation sites (tertiary alicyclic amines) is 2. The van der Waals surface area contributed by atoms with Crippen LogP contribution in [0.15, 0.2) is 29.3 Å². The number of nitrogens with zero attached hydrogens (tertiary/aromatic N) is 3. The van der Waals surface area contributed by atoms with Crippen molar-refractivity contribution in [2.75, 3.05) is 33.3 Å². The maximum Gasteiger partial charge on any atom is 0.310 e. The van der Waals surface area contributed by atoms with Crippen LogP contribution in [-0.4, -0.2) is 60.9 Å². The van der Waals surface area contributed by atoms with Crippen LogP contribution in [0, 0.1) is 5.92 Å². The maximum absolute atomic E-state index is 12.1. The largest absolute Gasteiger partial charge is 0.466 e. The number of nitrogens with one attached hydrogen (secondary N) is 1. The molecule has 2 fully saturated rings. The van der Waals surface area contributed by atoms with Gasteiger partial charge in [0.1, 0.15) is 0 Å². The first-order valence-corrected chi connectivity index (χ1v) is 10.6. The van der Waals surface area contributed by atoms with Crippen molar-refractivity contribution in [2.45, 2.75) is 45.7 Å². The van der Waals surface area contributed by atoms with Crippen molar-refractivity contribution in [3.63, 3.8) is 0 Å². The van der Waals surface area contributed by atoms with Crippen LogP contribution in [0.2, 0.25) is 0 Å². The molecule has 158 valence electrons. The predicted molar refractivity (Wildman–Crippen MR) is 112 cm³/mol. The van der Waals surface area contributed by atoms with E-state index in [1.54, 1.807) is 7.05 Å². The van der Waals surface area contributed by atoms with Crippen LogP contribution in [0.4, 0.5) is 0 Å². The van der Waals surface area contributed by atoms with E-state index >= 15 is 0 Å². The zero-order valence-corrected chi connectivity index (χ0v) is 17.5. The molecule has 2 aliphatic rings. The molecule has 7 nitrogen and oxygen atoms in total. The first-order chi connectivity index (χ1) is 14.1. The van der Waals surface area contributed by atoms with Gasteiger partial charge in [-0.1, -0.05) is 24.3 Å². The van der Waals surface area contributed by atoms with E-state index in [1.165, 1.54) is 0 Å². The van der Waals surface area contributed by atoms with Crippen molar-refractivity contribution < 1.29 is 14.3 Å². The lowest BCUT2D eigenvalue weighted by Gasteiger charge is -2.34. The van der Waals surface area contributed by atoms with Crippen LogP contribution < -0.4 is 5.32 Å². The van der Waals surface area contributed by atoms with Crippen LogP contribution in [0.1, 0.15) is 43.7 Å². The van der Waals surface area contributed by atoms with Crippen molar-refractivity contribution in [1.29, 1.82) is 0 Å². The van der Waals surface area contributed by atoms with E-state index in [-0.39, 0.29) is 17.8 Å². The summed E-state index contributed by atoms with van der Waals surface area (Å²) in [6.07, 6.45) is 3.46. The van der Waals surface area contributed by atoms with Gasteiger partial charge in [0.25, 0.3) is 0 Å². The van der Waals surface area contributed by atoms with E-state index in [9.17, 15) is 9.59 Å². The van der Waals surface area contributed by atoms with Gasteiger partial charge in [-0.05, 0) is 37.3 Å². The van der Waals surface area contributed by atoms with Gasteiger partial charge in [-0.3, -0.25) is 14.6 Å². The zero-order chi connectivity index (χ0) is 20.6. The van der Waals surface area contributed by atoms with Crippen molar-refractivity contribution in [2.24, 2.45) is 10.9 Å². The number of piperidine rings is 1. The highest BCUT2D eigenvalue weighted by Crippen LogP contribution is 2.18. The lowest BCUT2D eigenvalue weighted by Crippen LogP contribution is -2.48. The number of aliphatic imine (C=N–C) groups is 1. The predicted octanol–water partition coefficient (Wildman–Crippen LogP) is 2.16. The molecular weight excluding hydrogens is 368 g/mol. The van der Waals surface area contributed by atoms with Crippen LogP contribution in [-0.2, 0) is 27.4 Å². The summed E-state index contributed by atoms with van der Waals surface area (Å²) in [4.78, 5) is 32.3. The molecule has 0 spiro atoms. The monoisotopic (exact) mass is 400 g/mol. The molecule has 1 amide bonds. The Morgan fingerprint density at radius 2 is 1.97 bits per heavy atom.